The molecule has 37 heavy (non-hydrogen) atoms. The second-order valence-corrected chi connectivity index (χ2v) is 9.31. The number of ether oxygens (including phenoxy) is 2. The Kier molecular flexibility index (Phi) is 7.09. The summed E-state index contributed by atoms with van der Waals surface area (Å²) in [4.78, 5) is 26.9. The van der Waals surface area contributed by atoms with E-state index in [-0.39, 0.29) is 30.2 Å². The number of anilines is 2. The van der Waals surface area contributed by atoms with E-state index >= 15 is 0 Å². The van der Waals surface area contributed by atoms with Gasteiger partial charge in [-0.15, -0.1) is 10.2 Å². The summed E-state index contributed by atoms with van der Waals surface area (Å²) in [5.74, 6) is 2.53. The molecule has 1 aliphatic heterocycles. The molecule has 1 atom stereocenters. The topological polar surface area (TPSA) is 98.6 Å². The second kappa shape index (κ2) is 10.8. The van der Waals surface area contributed by atoms with Gasteiger partial charge in [-0.3, -0.25) is 14.5 Å². The van der Waals surface area contributed by atoms with E-state index in [2.05, 4.69) is 15.5 Å². The van der Waals surface area contributed by atoms with Gasteiger partial charge in [-0.05, 0) is 55.5 Å². The number of nitrogens with zero attached hydrogens (tertiary/aromatic N) is 4. The fourth-order valence-corrected chi connectivity index (χ4v) is 4.75. The van der Waals surface area contributed by atoms with E-state index in [1.54, 1.807) is 29.2 Å². The molecule has 9 nitrogen and oxygen atoms in total. The van der Waals surface area contributed by atoms with Gasteiger partial charge in [0.25, 0.3) is 5.91 Å². The zero-order valence-corrected chi connectivity index (χ0v) is 21.1. The van der Waals surface area contributed by atoms with Crippen LogP contribution >= 0.6 is 11.8 Å². The van der Waals surface area contributed by atoms with Gasteiger partial charge in [0.2, 0.25) is 5.91 Å². The number of carbonyl (C=O) groups excluding carboxylic acids is 2. The molecule has 0 fully saturated rings. The maximum atomic E-state index is 12.7. The number of carbonyl (C=O) groups is 2. The summed E-state index contributed by atoms with van der Waals surface area (Å²) < 4.78 is 13.1. The van der Waals surface area contributed by atoms with Gasteiger partial charge in [-0.1, -0.05) is 42.1 Å². The van der Waals surface area contributed by atoms with Crippen LogP contribution in [-0.2, 0) is 16.6 Å². The maximum absolute atomic E-state index is 12.7. The number of rotatable bonds is 8. The normalized spacial score (nSPS) is 13.5. The smallest absolute Gasteiger partial charge is 0.265 e. The molecule has 4 aromatic rings. The number of nitrogens with one attached hydrogen (secondary N) is 1. The molecule has 188 valence electrons. The van der Waals surface area contributed by atoms with Crippen LogP contribution in [0.1, 0.15) is 18.8 Å². The molecule has 0 saturated carbocycles. The molecule has 1 aromatic heterocycles. The Balaban J connectivity index is 1.19. The summed E-state index contributed by atoms with van der Waals surface area (Å²) in [6, 6.07) is 23.7. The summed E-state index contributed by atoms with van der Waals surface area (Å²) in [5.41, 5.74) is 1.37. The van der Waals surface area contributed by atoms with E-state index in [1.807, 2.05) is 73.1 Å². The molecular weight excluding hydrogens is 490 g/mol. The molecule has 0 spiro atoms. The lowest BCUT2D eigenvalue weighted by molar-refractivity contribution is -0.121. The SMILES string of the molecule is CC(c1nnc(SCC(=O)Nc2ccc(Oc3ccccc3)cc2)n1C)N1C(=O)COc2ccccc21. The minimum Gasteiger partial charge on any atom is -0.482 e. The summed E-state index contributed by atoms with van der Waals surface area (Å²) >= 11 is 1.28. The van der Waals surface area contributed by atoms with E-state index in [0.29, 0.717) is 33.9 Å². The predicted octanol–water partition coefficient (Wildman–Crippen LogP) is 4.82. The molecule has 3 aromatic carbocycles. The highest BCUT2D eigenvalue weighted by atomic mass is 32.2. The monoisotopic (exact) mass is 515 g/mol. The quantitative estimate of drug-likeness (QED) is 0.336. The number of benzene rings is 3. The highest BCUT2D eigenvalue weighted by Crippen LogP contribution is 2.37. The van der Waals surface area contributed by atoms with Crippen LogP contribution in [0.3, 0.4) is 0 Å². The summed E-state index contributed by atoms with van der Waals surface area (Å²) in [5, 5.41) is 12.0. The lowest BCUT2D eigenvalue weighted by atomic mass is 10.1. The van der Waals surface area contributed by atoms with Crippen molar-refractivity contribution in [3.8, 4) is 17.2 Å². The summed E-state index contributed by atoms with van der Waals surface area (Å²) in [6.07, 6.45) is 0. The van der Waals surface area contributed by atoms with Crippen LogP contribution in [0.5, 0.6) is 17.2 Å². The number of fused-ring (bicyclic) bond motifs is 1. The molecular formula is C27H25N5O4S. The van der Waals surface area contributed by atoms with Crippen molar-refractivity contribution in [1.29, 1.82) is 0 Å². The van der Waals surface area contributed by atoms with Crippen LogP contribution in [0.15, 0.2) is 84.0 Å². The van der Waals surface area contributed by atoms with Gasteiger partial charge in [0.05, 0.1) is 17.5 Å². The molecule has 0 bridgehead atoms. The van der Waals surface area contributed by atoms with E-state index in [4.69, 9.17) is 9.47 Å². The fourth-order valence-electron chi connectivity index (χ4n) is 4.04. The Morgan fingerprint density at radius 3 is 2.51 bits per heavy atom. The van der Waals surface area contributed by atoms with Gasteiger partial charge in [0, 0.05) is 12.7 Å². The number of hydrogen-bond acceptors (Lipinski definition) is 7. The third-order valence-corrected chi connectivity index (χ3v) is 6.84. The van der Waals surface area contributed by atoms with E-state index in [9.17, 15) is 9.59 Å². The third kappa shape index (κ3) is 5.44. The molecule has 0 radical (unpaired) electrons. The highest BCUT2D eigenvalue weighted by Gasteiger charge is 2.32. The fraction of sp³-hybridized carbons (Fsp3) is 0.185. The van der Waals surface area contributed by atoms with Gasteiger partial charge < -0.3 is 19.4 Å². The Labute approximate surface area is 218 Å². The van der Waals surface area contributed by atoms with Crippen molar-refractivity contribution < 1.29 is 19.1 Å². The lowest BCUT2D eigenvalue weighted by Gasteiger charge is -2.33. The second-order valence-electron chi connectivity index (χ2n) is 8.37. The Morgan fingerprint density at radius 1 is 1.03 bits per heavy atom. The molecule has 2 heterocycles. The molecule has 10 heteroatoms. The van der Waals surface area contributed by atoms with Crippen LogP contribution < -0.4 is 19.7 Å². The van der Waals surface area contributed by atoms with Crippen LogP contribution in [0, 0.1) is 0 Å². The number of thioether (sulfide) groups is 1. The number of para-hydroxylation sites is 3. The third-order valence-electron chi connectivity index (χ3n) is 5.82. The first-order chi connectivity index (χ1) is 18.0. The van der Waals surface area contributed by atoms with E-state index in [1.165, 1.54) is 11.8 Å². The minimum atomic E-state index is -0.366. The molecule has 1 aliphatic rings. The largest absolute Gasteiger partial charge is 0.482 e. The number of hydrogen-bond donors (Lipinski definition) is 1. The first-order valence-electron chi connectivity index (χ1n) is 11.7. The standard InChI is InChI=1S/C27H25N5O4S/c1-18(32-22-10-6-7-11-23(22)35-16-25(32)34)26-29-30-27(31(26)2)37-17-24(33)28-19-12-14-21(15-13-19)36-20-8-4-3-5-9-20/h3-15,18H,16-17H2,1-2H3,(H,28,33). The Hall–Kier alpha value is -4.31. The van der Waals surface area contributed by atoms with Gasteiger partial charge in [0.1, 0.15) is 17.2 Å². The number of aromatic nitrogens is 3. The average molecular weight is 516 g/mol. The summed E-state index contributed by atoms with van der Waals surface area (Å²) in [7, 11) is 1.83. The first-order valence-corrected chi connectivity index (χ1v) is 12.7. The van der Waals surface area contributed by atoms with Gasteiger partial charge >= 0.3 is 0 Å². The summed E-state index contributed by atoms with van der Waals surface area (Å²) in [6.45, 7) is 1.87. The van der Waals surface area contributed by atoms with Gasteiger partial charge in [-0.2, -0.15) is 0 Å². The molecule has 0 aliphatic carbocycles. The minimum absolute atomic E-state index is 0.0274. The zero-order valence-electron chi connectivity index (χ0n) is 20.3. The van der Waals surface area contributed by atoms with Crippen LogP contribution in [0.2, 0.25) is 0 Å². The average Bonchev–Trinajstić information content (AvgIpc) is 3.29. The lowest BCUT2D eigenvalue weighted by Crippen LogP contribution is -2.41. The molecule has 2 amide bonds. The molecule has 5 rings (SSSR count). The molecule has 1 unspecified atom stereocenters. The zero-order chi connectivity index (χ0) is 25.8. The van der Waals surface area contributed by atoms with Crippen LogP contribution in [0.4, 0.5) is 11.4 Å². The van der Waals surface area contributed by atoms with E-state index < -0.39 is 0 Å². The Morgan fingerprint density at radius 2 is 1.73 bits per heavy atom. The van der Waals surface area contributed by atoms with Crippen molar-refractivity contribution in [2.45, 2.75) is 18.1 Å². The van der Waals surface area contributed by atoms with Crippen LogP contribution in [-0.4, -0.2) is 38.9 Å². The number of amides is 2. The maximum Gasteiger partial charge on any atom is 0.265 e. The van der Waals surface area contributed by atoms with Gasteiger partial charge in [0.15, 0.2) is 17.6 Å². The van der Waals surface area contributed by atoms with Crippen molar-refractivity contribution in [2.75, 3.05) is 22.6 Å². The van der Waals surface area contributed by atoms with Crippen molar-refractivity contribution in [3.63, 3.8) is 0 Å². The van der Waals surface area contributed by atoms with Crippen molar-refractivity contribution in [3.05, 3.63) is 84.7 Å². The highest BCUT2D eigenvalue weighted by molar-refractivity contribution is 7.99. The van der Waals surface area contributed by atoms with E-state index in [0.717, 1.165) is 5.75 Å². The van der Waals surface area contributed by atoms with Crippen molar-refractivity contribution in [2.24, 2.45) is 7.05 Å². The first kappa shape index (κ1) is 24.4. The molecule has 0 saturated heterocycles. The predicted molar refractivity (Wildman–Crippen MR) is 141 cm³/mol. The molecule has 1 N–H and O–H groups in total. The van der Waals surface area contributed by atoms with Crippen molar-refractivity contribution in [1.82, 2.24) is 14.8 Å². The van der Waals surface area contributed by atoms with Crippen molar-refractivity contribution >= 4 is 35.0 Å². The van der Waals surface area contributed by atoms with Gasteiger partial charge in [-0.25, -0.2) is 0 Å². The van der Waals surface area contributed by atoms with Crippen LogP contribution in [0.25, 0.3) is 0 Å². The Bertz CT molecular complexity index is 1410.